The molecule has 0 bridgehead atoms. The molecule has 1 aromatic heterocycles. The number of hydrogen-bond donors (Lipinski definition) is 1. The fourth-order valence-corrected chi connectivity index (χ4v) is 3.89. The second-order valence-corrected chi connectivity index (χ2v) is 7.53. The number of aliphatic hydroxyl groups excluding tert-OH is 1. The smallest absolute Gasteiger partial charge is 0.0813 e. The van der Waals surface area contributed by atoms with E-state index in [1.807, 2.05) is 12.1 Å². The predicted molar refractivity (Wildman–Crippen MR) is 98.3 cm³/mol. The summed E-state index contributed by atoms with van der Waals surface area (Å²) in [6, 6.07) is 23.1. The topological polar surface area (TPSA) is 25.2 Å². The summed E-state index contributed by atoms with van der Waals surface area (Å²) < 4.78 is 2.33. The van der Waals surface area contributed by atoms with Crippen molar-refractivity contribution in [2.75, 3.05) is 0 Å². The average molecular weight is 317 g/mol. The molecular weight excluding hydrogens is 294 g/mol. The lowest BCUT2D eigenvalue weighted by Crippen LogP contribution is -2.26. The first kappa shape index (κ1) is 15.2. The molecule has 24 heavy (non-hydrogen) atoms. The van der Waals surface area contributed by atoms with Crippen LogP contribution in [0, 0.1) is 5.41 Å². The maximum Gasteiger partial charge on any atom is 0.0813 e. The Balaban J connectivity index is 1.99. The molecule has 1 unspecified atom stereocenters. The molecule has 1 aliphatic rings. The van der Waals surface area contributed by atoms with Crippen LogP contribution in [0.1, 0.15) is 37.6 Å². The van der Waals surface area contributed by atoms with Crippen LogP contribution in [0.25, 0.3) is 16.9 Å². The van der Waals surface area contributed by atoms with E-state index in [4.69, 9.17) is 0 Å². The molecule has 1 heterocycles. The standard InChI is InChI=1S/C22H23NO/c1-22(2)14-20-18(21(24)15-22)13-19(16-9-5-3-6-10-16)23(20)17-11-7-4-8-12-17/h3-13,21,24H,14-15H2,1-2H3. The van der Waals surface area contributed by atoms with Crippen molar-refractivity contribution in [3.05, 3.63) is 78.0 Å². The maximum atomic E-state index is 10.7. The van der Waals surface area contributed by atoms with E-state index < -0.39 is 6.10 Å². The number of nitrogens with zero attached hydrogens (tertiary/aromatic N) is 1. The van der Waals surface area contributed by atoms with E-state index in [0.717, 1.165) is 29.8 Å². The molecule has 0 amide bonds. The minimum atomic E-state index is -0.392. The van der Waals surface area contributed by atoms with Crippen molar-refractivity contribution in [2.45, 2.75) is 32.8 Å². The predicted octanol–water partition coefficient (Wildman–Crippen LogP) is 5.15. The second kappa shape index (κ2) is 5.64. The molecule has 122 valence electrons. The highest BCUT2D eigenvalue weighted by Crippen LogP contribution is 2.44. The number of aliphatic hydroxyl groups is 1. The SMILES string of the molecule is CC1(C)Cc2c(cc(-c3ccccc3)n2-c2ccccc2)C(O)C1. The van der Waals surface area contributed by atoms with Gasteiger partial charge in [0.05, 0.1) is 11.8 Å². The van der Waals surface area contributed by atoms with Crippen molar-refractivity contribution >= 4 is 0 Å². The van der Waals surface area contributed by atoms with Crippen molar-refractivity contribution in [1.82, 2.24) is 4.57 Å². The molecule has 2 aromatic carbocycles. The van der Waals surface area contributed by atoms with E-state index in [2.05, 4.69) is 73.0 Å². The molecule has 2 heteroatoms. The molecule has 0 saturated heterocycles. The van der Waals surface area contributed by atoms with Gasteiger partial charge in [-0.15, -0.1) is 0 Å². The van der Waals surface area contributed by atoms with Gasteiger partial charge in [0, 0.05) is 16.9 Å². The summed E-state index contributed by atoms with van der Waals surface area (Å²) in [6.07, 6.45) is 1.39. The van der Waals surface area contributed by atoms with Crippen LogP contribution in [-0.4, -0.2) is 9.67 Å². The van der Waals surface area contributed by atoms with E-state index in [0.29, 0.717) is 0 Å². The monoisotopic (exact) mass is 317 g/mol. The number of benzene rings is 2. The maximum absolute atomic E-state index is 10.7. The third-order valence-corrected chi connectivity index (χ3v) is 4.97. The highest BCUT2D eigenvalue weighted by atomic mass is 16.3. The van der Waals surface area contributed by atoms with E-state index >= 15 is 0 Å². The van der Waals surface area contributed by atoms with Gasteiger partial charge in [-0.3, -0.25) is 0 Å². The van der Waals surface area contributed by atoms with Gasteiger partial charge >= 0.3 is 0 Å². The first-order valence-electron chi connectivity index (χ1n) is 8.59. The van der Waals surface area contributed by atoms with Crippen LogP contribution >= 0.6 is 0 Å². The van der Waals surface area contributed by atoms with Gasteiger partial charge in [0.25, 0.3) is 0 Å². The lowest BCUT2D eigenvalue weighted by Gasteiger charge is -2.34. The minimum absolute atomic E-state index is 0.102. The zero-order valence-corrected chi connectivity index (χ0v) is 14.2. The molecule has 0 saturated carbocycles. The molecule has 0 radical (unpaired) electrons. The van der Waals surface area contributed by atoms with Crippen molar-refractivity contribution < 1.29 is 5.11 Å². The Morgan fingerprint density at radius 1 is 0.958 bits per heavy atom. The number of para-hydroxylation sites is 1. The fourth-order valence-electron chi connectivity index (χ4n) is 3.89. The van der Waals surface area contributed by atoms with Crippen LogP contribution < -0.4 is 0 Å². The van der Waals surface area contributed by atoms with E-state index in [9.17, 15) is 5.11 Å². The summed E-state index contributed by atoms with van der Waals surface area (Å²) in [7, 11) is 0. The van der Waals surface area contributed by atoms with Crippen molar-refractivity contribution in [3.63, 3.8) is 0 Å². The fraction of sp³-hybridized carbons (Fsp3) is 0.273. The number of rotatable bonds is 2. The highest BCUT2D eigenvalue weighted by molar-refractivity contribution is 5.66. The molecule has 1 aliphatic carbocycles. The second-order valence-electron chi connectivity index (χ2n) is 7.53. The zero-order chi connectivity index (χ0) is 16.7. The van der Waals surface area contributed by atoms with Gasteiger partial charge in [0.1, 0.15) is 0 Å². The molecule has 0 spiro atoms. The zero-order valence-electron chi connectivity index (χ0n) is 14.2. The van der Waals surface area contributed by atoms with Crippen LogP contribution in [0.15, 0.2) is 66.7 Å². The number of hydrogen-bond acceptors (Lipinski definition) is 1. The molecule has 0 fully saturated rings. The average Bonchev–Trinajstić information content (AvgIpc) is 2.95. The van der Waals surface area contributed by atoms with Gasteiger partial charge in [-0.05, 0) is 42.0 Å². The molecule has 1 atom stereocenters. The summed E-state index contributed by atoms with van der Waals surface area (Å²) in [5.41, 5.74) is 5.92. The molecule has 1 N–H and O–H groups in total. The lowest BCUT2D eigenvalue weighted by atomic mass is 9.75. The molecule has 0 aliphatic heterocycles. The van der Waals surface area contributed by atoms with Crippen LogP contribution in [0.3, 0.4) is 0 Å². The van der Waals surface area contributed by atoms with E-state index in [-0.39, 0.29) is 5.41 Å². The van der Waals surface area contributed by atoms with Crippen molar-refractivity contribution in [2.24, 2.45) is 5.41 Å². The first-order valence-corrected chi connectivity index (χ1v) is 8.59. The van der Waals surface area contributed by atoms with E-state index in [1.165, 1.54) is 11.3 Å². The Labute approximate surface area is 143 Å². The van der Waals surface area contributed by atoms with Gasteiger partial charge in [-0.2, -0.15) is 0 Å². The Morgan fingerprint density at radius 2 is 1.58 bits per heavy atom. The van der Waals surface area contributed by atoms with Crippen molar-refractivity contribution in [3.8, 4) is 16.9 Å². The Morgan fingerprint density at radius 3 is 2.25 bits per heavy atom. The van der Waals surface area contributed by atoms with Crippen LogP contribution in [0.5, 0.6) is 0 Å². The van der Waals surface area contributed by atoms with Crippen LogP contribution in [0.2, 0.25) is 0 Å². The lowest BCUT2D eigenvalue weighted by molar-refractivity contribution is 0.0987. The highest BCUT2D eigenvalue weighted by Gasteiger charge is 2.35. The summed E-state index contributed by atoms with van der Waals surface area (Å²) in [5, 5.41) is 10.7. The van der Waals surface area contributed by atoms with Gasteiger partial charge in [0.15, 0.2) is 0 Å². The Hall–Kier alpha value is -2.32. The molecule has 4 rings (SSSR count). The largest absolute Gasteiger partial charge is 0.388 e. The van der Waals surface area contributed by atoms with Crippen LogP contribution in [0.4, 0.5) is 0 Å². The normalized spacial score (nSPS) is 19.0. The molecule has 2 nitrogen and oxygen atoms in total. The third kappa shape index (κ3) is 2.57. The van der Waals surface area contributed by atoms with Gasteiger partial charge in [-0.1, -0.05) is 62.4 Å². The molecule has 3 aromatic rings. The summed E-state index contributed by atoms with van der Waals surface area (Å²) in [6.45, 7) is 4.48. The van der Waals surface area contributed by atoms with E-state index in [1.54, 1.807) is 0 Å². The van der Waals surface area contributed by atoms with Gasteiger partial charge < -0.3 is 9.67 Å². The van der Waals surface area contributed by atoms with Crippen molar-refractivity contribution in [1.29, 1.82) is 0 Å². The van der Waals surface area contributed by atoms with Crippen LogP contribution in [-0.2, 0) is 6.42 Å². The number of fused-ring (bicyclic) bond motifs is 1. The third-order valence-electron chi connectivity index (χ3n) is 4.97. The molecular formula is C22H23NO. The Bertz CT molecular complexity index is 846. The quantitative estimate of drug-likeness (QED) is 0.694. The summed E-state index contributed by atoms with van der Waals surface area (Å²) in [4.78, 5) is 0. The minimum Gasteiger partial charge on any atom is -0.388 e. The Kier molecular flexibility index (Phi) is 3.58. The summed E-state index contributed by atoms with van der Waals surface area (Å²) in [5.74, 6) is 0. The van der Waals surface area contributed by atoms with Gasteiger partial charge in [-0.25, -0.2) is 0 Å². The summed E-state index contributed by atoms with van der Waals surface area (Å²) >= 11 is 0. The first-order chi connectivity index (χ1) is 11.6. The number of aromatic nitrogens is 1. The van der Waals surface area contributed by atoms with Gasteiger partial charge in [0.2, 0.25) is 0 Å².